The van der Waals surface area contributed by atoms with Crippen LogP contribution in [0, 0.1) is 5.92 Å². The Morgan fingerprint density at radius 2 is 2.21 bits per heavy atom. The van der Waals surface area contributed by atoms with E-state index >= 15 is 0 Å². The van der Waals surface area contributed by atoms with Crippen LogP contribution in [0.15, 0.2) is 11.4 Å². The molecule has 2 heterocycles. The first-order valence-corrected chi connectivity index (χ1v) is 7.66. The summed E-state index contributed by atoms with van der Waals surface area (Å²) in [6, 6.07) is 1.73. The van der Waals surface area contributed by atoms with E-state index in [1.165, 1.54) is 30.6 Å². The molecule has 4 nitrogen and oxygen atoms in total. The zero-order valence-electron chi connectivity index (χ0n) is 11.0. The standard InChI is InChI=1S/C14H20O4S/c15-14(16)13-12(6-10-19-13)18-7-2-1-3-11-4-8-17-9-5-11/h6,10-11H,1-5,7-9H2,(H,15,16). The molecule has 0 aromatic carbocycles. The van der Waals surface area contributed by atoms with Gasteiger partial charge in [-0.15, -0.1) is 11.3 Å². The Labute approximate surface area is 117 Å². The lowest BCUT2D eigenvalue weighted by Crippen LogP contribution is -2.15. The van der Waals surface area contributed by atoms with E-state index in [9.17, 15) is 4.79 Å². The van der Waals surface area contributed by atoms with Crippen LogP contribution in [0.1, 0.15) is 41.8 Å². The third-order valence-corrected chi connectivity index (χ3v) is 4.31. The van der Waals surface area contributed by atoms with Crippen molar-refractivity contribution in [1.29, 1.82) is 0 Å². The van der Waals surface area contributed by atoms with Crippen molar-refractivity contribution in [2.24, 2.45) is 5.92 Å². The summed E-state index contributed by atoms with van der Waals surface area (Å²) in [5.74, 6) is 0.389. The van der Waals surface area contributed by atoms with Crippen LogP contribution in [0.3, 0.4) is 0 Å². The average molecular weight is 284 g/mol. The summed E-state index contributed by atoms with van der Waals surface area (Å²) in [7, 11) is 0. The van der Waals surface area contributed by atoms with Crippen LogP contribution in [0.5, 0.6) is 5.75 Å². The number of hydrogen-bond donors (Lipinski definition) is 1. The molecular formula is C14H20O4S. The number of hydrogen-bond acceptors (Lipinski definition) is 4. The zero-order chi connectivity index (χ0) is 13.5. The summed E-state index contributed by atoms with van der Waals surface area (Å²) in [5.41, 5.74) is 0. The lowest BCUT2D eigenvalue weighted by atomic mass is 9.94. The van der Waals surface area contributed by atoms with E-state index in [0.717, 1.165) is 32.0 Å². The molecule has 0 bridgehead atoms. The van der Waals surface area contributed by atoms with Gasteiger partial charge in [-0.1, -0.05) is 6.42 Å². The molecule has 19 heavy (non-hydrogen) atoms. The first-order chi connectivity index (χ1) is 9.27. The van der Waals surface area contributed by atoms with Crippen LogP contribution in [0.2, 0.25) is 0 Å². The molecule has 1 aromatic rings. The minimum atomic E-state index is -0.910. The van der Waals surface area contributed by atoms with Gasteiger partial charge in [0, 0.05) is 13.2 Å². The summed E-state index contributed by atoms with van der Waals surface area (Å²) in [6.45, 7) is 2.40. The predicted molar refractivity (Wildman–Crippen MR) is 74.2 cm³/mol. The maximum absolute atomic E-state index is 10.9. The van der Waals surface area contributed by atoms with E-state index in [1.54, 1.807) is 11.4 Å². The number of unbranched alkanes of at least 4 members (excludes halogenated alkanes) is 1. The maximum atomic E-state index is 10.9. The van der Waals surface area contributed by atoms with Gasteiger partial charge in [-0.2, -0.15) is 0 Å². The Bertz CT molecular complexity index is 396. The molecule has 0 amide bonds. The second kappa shape index (κ2) is 7.50. The van der Waals surface area contributed by atoms with E-state index in [2.05, 4.69) is 0 Å². The normalized spacial score (nSPS) is 16.4. The molecule has 0 saturated carbocycles. The summed E-state index contributed by atoms with van der Waals surface area (Å²) < 4.78 is 10.9. The van der Waals surface area contributed by atoms with Crippen molar-refractivity contribution in [1.82, 2.24) is 0 Å². The number of carboxylic acid groups (broad SMARTS) is 1. The molecule has 0 atom stereocenters. The van der Waals surface area contributed by atoms with Gasteiger partial charge in [-0.3, -0.25) is 0 Å². The van der Waals surface area contributed by atoms with E-state index < -0.39 is 5.97 Å². The summed E-state index contributed by atoms with van der Waals surface area (Å²) in [5, 5.41) is 10.7. The number of aromatic carboxylic acids is 1. The average Bonchev–Trinajstić information content (AvgIpc) is 2.88. The van der Waals surface area contributed by atoms with Gasteiger partial charge in [0.2, 0.25) is 0 Å². The van der Waals surface area contributed by atoms with Gasteiger partial charge in [0.05, 0.1) is 6.61 Å². The highest BCUT2D eigenvalue weighted by atomic mass is 32.1. The van der Waals surface area contributed by atoms with Crippen molar-refractivity contribution >= 4 is 17.3 Å². The molecule has 1 saturated heterocycles. The maximum Gasteiger partial charge on any atom is 0.349 e. The molecule has 1 fully saturated rings. The molecule has 5 heteroatoms. The van der Waals surface area contributed by atoms with Gasteiger partial charge in [-0.05, 0) is 43.0 Å². The predicted octanol–water partition coefficient (Wildman–Crippen LogP) is 3.42. The smallest absolute Gasteiger partial charge is 0.349 e. The Kier molecular flexibility index (Phi) is 5.66. The number of carboxylic acids is 1. The Morgan fingerprint density at radius 1 is 1.42 bits per heavy atom. The summed E-state index contributed by atoms with van der Waals surface area (Å²) >= 11 is 1.21. The van der Waals surface area contributed by atoms with Crippen LogP contribution in [-0.2, 0) is 4.74 Å². The van der Waals surface area contributed by atoms with Gasteiger partial charge < -0.3 is 14.6 Å². The van der Waals surface area contributed by atoms with Crippen LogP contribution >= 0.6 is 11.3 Å². The van der Waals surface area contributed by atoms with Crippen LogP contribution in [0.4, 0.5) is 0 Å². The molecule has 106 valence electrons. The number of thiophene rings is 1. The molecule has 0 unspecified atom stereocenters. The van der Waals surface area contributed by atoms with Crippen molar-refractivity contribution in [3.05, 3.63) is 16.3 Å². The van der Waals surface area contributed by atoms with Crippen LogP contribution < -0.4 is 4.74 Å². The van der Waals surface area contributed by atoms with Gasteiger partial charge in [0.1, 0.15) is 5.75 Å². The zero-order valence-corrected chi connectivity index (χ0v) is 11.8. The Hall–Kier alpha value is -1.07. The quantitative estimate of drug-likeness (QED) is 0.779. The van der Waals surface area contributed by atoms with E-state index in [-0.39, 0.29) is 0 Å². The van der Waals surface area contributed by atoms with Crippen molar-refractivity contribution in [3.8, 4) is 5.75 Å². The molecule has 1 aliphatic rings. The first kappa shape index (κ1) is 14.3. The largest absolute Gasteiger partial charge is 0.492 e. The monoisotopic (exact) mass is 284 g/mol. The topological polar surface area (TPSA) is 55.8 Å². The second-order valence-corrected chi connectivity index (χ2v) is 5.74. The molecule has 0 radical (unpaired) electrons. The highest BCUT2D eigenvalue weighted by Gasteiger charge is 2.14. The Morgan fingerprint density at radius 3 is 2.95 bits per heavy atom. The van der Waals surface area contributed by atoms with Gasteiger partial charge in [-0.25, -0.2) is 4.79 Å². The molecule has 2 rings (SSSR count). The third-order valence-electron chi connectivity index (χ3n) is 3.43. The van der Waals surface area contributed by atoms with E-state index in [0.29, 0.717) is 17.2 Å². The van der Waals surface area contributed by atoms with Crippen molar-refractivity contribution in [2.75, 3.05) is 19.8 Å². The van der Waals surface area contributed by atoms with Gasteiger partial charge in [0.15, 0.2) is 4.88 Å². The number of rotatable bonds is 7. The fourth-order valence-electron chi connectivity index (χ4n) is 2.32. The number of carbonyl (C=O) groups is 1. The molecule has 0 aliphatic carbocycles. The lowest BCUT2D eigenvalue weighted by molar-refractivity contribution is 0.0628. The Balaban J connectivity index is 1.61. The second-order valence-electron chi connectivity index (χ2n) is 4.82. The van der Waals surface area contributed by atoms with E-state index in [4.69, 9.17) is 14.6 Å². The summed E-state index contributed by atoms with van der Waals surface area (Å²) in [6.07, 6.45) is 5.69. The third kappa shape index (κ3) is 4.51. The highest BCUT2D eigenvalue weighted by molar-refractivity contribution is 7.12. The molecule has 1 aromatic heterocycles. The lowest BCUT2D eigenvalue weighted by Gasteiger charge is -2.21. The van der Waals surface area contributed by atoms with Gasteiger partial charge in [0.25, 0.3) is 0 Å². The molecule has 0 spiro atoms. The van der Waals surface area contributed by atoms with Crippen molar-refractivity contribution < 1.29 is 19.4 Å². The fraction of sp³-hybridized carbons (Fsp3) is 0.643. The first-order valence-electron chi connectivity index (χ1n) is 6.78. The van der Waals surface area contributed by atoms with E-state index in [1.807, 2.05) is 0 Å². The minimum absolute atomic E-state index is 0.296. The SMILES string of the molecule is O=C(O)c1sccc1OCCCCC1CCOCC1. The van der Waals surface area contributed by atoms with Crippen molar-refractivity contribution in [3.63, 3.8) is 0 Å². The fourth-order valence-corrected chi connectivity index (χ4v) is 2.99. The van der Waals surface area contributed by atoms with Crippen LogP contribution in [0.25, 0.3) is 0 Å². The number of ether oxygens (including phenoxy) is 2. The summed E-state index contributed by atoms with van der Waals surface area (Å²) in [4.78, 5) is 11.2. The van der Waals surface area contributed by atoms with Crippen LogP contribution in [-0.4, -0.2) is 30.9 Å². The highest BCUT2D eigenvalue weighted by Crippen LogP contribution is 2.25. The minimum Gasteiger partial charge on any atom is -0.492 e. The molecule has 1 aliphatic heterocycles. The van der Waals surface area contributed by atoms with Crippen molar-refractivity contribution in [2.45, 2.75) is 32.1 Å². The molecular weight excluding hydrogens is 264 g/mol. The molecule has 1 N–H and O–H groups in total. The van der Waals surface area contributed by atoms with Gasteiger partial charge >= 0.3 is 5.97 Å².